The number of benzene rings is 2. The molecule has 0 atom stereocenters. The Morgan fingerprint density at radius 1 is 1.17 bits per heavy atom. The molecule has 146 valence electrons. The summed E-state index contributed by atoms with van der Waals surface area (Å²) < 4.78 is 13.4. The molecule has 0 spiro atoms. The molecule has 1 amide bonds. The molecule has 0 saturated carbocycles. The third-order valence-corrected chi connectivity index (χ3v) is 5.55. The first kappa shape index (κ1) is 18.9. The number of fused-ring (bicyclic) bond motifs is 1. The van der Waals surface area contributed by atoms with Crippen molar-refractivity contribution in [1.82, 2.24) is 15.2 Å². The van der Waals surface area contributed by atoms with Gasteiger partial charge in [-0.3, -0.25) is 4.79 Å². The largest absolute Gasteiger partial charge is 0.366 e. The lowest BCUT2D eigenvalue weighted by Crippen LogP contribution is -2.10. The number of thiophene rings is 1. The zero-order valence-corrected chi connectivity index (χ0v) is 16.5. The van der Waals surface area contributed by atoms with E-state index in [0.29, 0.717) is 30.2 Å². The van der Waals surface area contributed by atoms with Gasteiger partial charge in [-0.25, -0.2) is 9.37 Å². The molecule has 0 aliphatic rings. The summed E-state index contributed by atoms with van der Waals surface area (Å²) in [5.41, 5.74) is 7.48. The summed E-state index contributed by atoms with van der Waals surface area (Å²) in [5.74, 6) is 0.314. The van der Waals surface area contributed by atoms with Gasteiger partial charge in [0.2, 0.25) is 5.91 Å². The molecule has 8 heteroatoms. The molecule has 6 nitrogen and oxygen atoms in total. The van der Waals surface area contributed by atoms with E-state index in [1.807, 2.05) is 24.4 Å². The standard InChI is InChI=1S/C21H18FN5OS/c1-2-17-20(24-10-12-5-3-6-13(22)9-12)25-21(27-26-17)18-14-7-4-8-15(19(23)28)16(14)11-29-18/h3-9,11H,2,10H2,1H3,(H2,23,28)(H,24,25,27). The van der Waals surface area contributed by atoms with E-state index >= 15 is 0 Å². The number of amides is 1. The van der Waals surface area contributed by atoms with Crippen molar-refractivity contribution in [2.75, 3.05) is 5.32 Å². The molecule has 3 N–H and O–H groups in total. The molecular formula is C21H18FN5OS. The van der Waals surface area contributed by atoms with E-state index in [4.69, 9.17) is 5.73 Å². The average Bonchev–Trinajstić information content (AvgIpc) is 3.16. The van der Waals surface area contributed by atoms with Crippen LogP contribution in [-0.2, 0) is 13.0 Å². The number of nitrogens with zero attached hydrogens (tertiary/aromatic N) is 3. The molecular weight excluding hydrogens is 389 g/mol. The van der Waals surface area contributed by atoms with Crippen LogP contribution in [0.5, 0.6) is 0 Å². The Morgan fingerprint density at radius 3 is 2.76 bits per heavy atom. The van der Waals surface area contributed by atoms with Crippen molar-refractivity contribution in [3.8, 4) is 10.7 Å². The van der Waals surface area contributed by atoms with Crippen LogP contribution < -0.4 is 11.1 Å². The maximum Gasteiger partial charge on any atom is 0.249 e. The second kappa shape index (κ2) is 7.92. The first-order valence-electron chi connectivity index (χ1n) is 9.09. The van der Waals surface area contributed by atoms with Crippen LogP contribution in [0.15, 0.2) is 47.8 Å². The number of primary amides is 1. The first-order chi connectivity index (χ1) is 14.1. The van der Waals surface area contributed by atoms with E-state index in [1.165, 1.54) is 23.5 Å². The summed E-state index contributed by atoms with van der Waals surface area (Å²) in [6.45, 7) is 2.39. The number of hydrogen-bond acceptors (Lipinski definition) is 6. The third-order valence-electron chi connectivity index (χ3n) is 4.55. The number of carbonyl (C=O) groups is 1. The molecule has 0 fully saturated rings. The molecule has 0 radical (unpaired) electrons. The number of aryl methyl sites for hydroxylation is 1. The summed E-state index contributed by atoms with van der Waals surface area (Å²) in [4.78, 5) is 17.2. The topological polar surface area (TPSA) is 93.8 Å². The molecule has 0 saturated heterocycles. The number of aromatic nitrogens is 3. The minimum Gasteiger partial charge on any atom is -0.366 e. The lowest BCUT2D eigenvalue weighted by Gasteiger charge is -2.10. The number of carbonyl (C=O) groups excluding carboxylic acids is 1. The highest BCUT2D eigenvalue weighted by atomic mass is 32.1. The highest BCUT2D eigenvalue weighted by Gasteiger charge is 2.16. The van der Waals surface area contributed by atoms with Crippen LogP contribution in [0.3, 0.4) is 0 Å². The SMILES string of the molecule is CCc1nnc(-c2scc3c(C(N)=O)cccc23)nc1NCc1cccc(F)c1. The van der Waals surface area contributed by atoms with Crippen molar-refractivity contribution in [2.45, 2.75) is 19.9 Å². The fourth-order valence-electron chi connectivity index (χ4n) is 3.12. The number of halogens is 1. The van der Waals surface area contributed by atoms with E-state index in [2.05, 4.69) is 20.5 Å². The Kier molecular flexibility index (Phi) is 5.18. The van der Waals surface area contributed by atoms with Gasteiger partial charge in [-0.1, -0.05) is 31.2 Å². The monoisotopic (exact) mass is 407 g/mol. The zero-order chi connectivity index (χ0) is 20.4. The van der Waals surface area contributed by atoms with Crippen molar-refractivity contribution in [1.29, 1.82) is 0 Å². The number of nitrogens with one attached hydrogen (secondary N) is 1. The number of anilines is 1. The predicted octanol–water partition coefficient (Wildman–Crippen LogP) is 4.17. The summed E-state index contributed by atoms with van der Waals surface area (Å²) >= 11 is 1.44. The molecule has 0 aliphatic carbocycles. The lowest BCUT2D eigenvalue weighted by atomic mass is 10.1. The second-order valence-electron chi connectivity index (χ2n) is 6.46. The van der Waals surface area contributed by atoms with Gasteiger partial charge in [0.15, 0.2) is 11.6 Å². The number of rotatable bonds is 6. The van der Waals surface area contributed by atoms with Gasteiger partial charge in [0.25, 0.3) is 0 Å². The molecule has 29 heavy (non-hydrogen) atoms. The minimum atomic E-state index is -0.474. The van der Waals surface area contributed by atoms with Gasteiger partial charge in [0, 0.05) is 28.3 Å². The lowest BCUT2D eigenvalue weighted by molar-refractivity contribution is 0.100. The van der Waals surface area contributed by atoms with Gasteiger partial charge in [0.1, 0.15) is 11.5 Å². The van der Waals surface area contributed by atoms with E-state index in [1.54, 1.807) is 18.2 Å². The van der Waals surface area contributed by atoms with Crippen LogP contribution in [0.1, 0.15) is 28.5 Å². The van der Waals surface area contributed by atoms with Crippen LogP contribution >= 0.6 is 11.3 Å². The Balaban J connectivity index is 1.70. The molecule has 0 aliphatic heterocycles. The van der Waals surface area contributed by atoms with Gasteiger partial charge in [-0.05, 0) is 30.2 Å². The van der Waals surface area contributed by atoms with E-state index < -0.39 is 5.91 Å². The molecule has 0 unspecified atom stereocenters. The summed E-state index contributed by atoms with van der Waals surface area (Å²) in [7, 11) is 0. The first-order valence-corrected chi connectivity index (χ1v) is 9.97. The smallest absolute Gasteiger partial charge is 0.249 e. The summed E-state index contributed by atoms with van der Waals surface area (Å²) in [6, 6.07) is 11.8. The fourth-order valence-corrected chi connectivity index (χ4v) is 4.10. The van der Waals surface area contributed by atoms with Gasteiger partial charge in [-0.2, -0.15) is 0 Å². The van der Waals surface area contributed by atoms with Crippen LogP contribution in [0, 0.1) is 5.82 Å². The maximum absolute atomic E-state index is 13.4. The molecule has 2 aromatic heterocycles. The fraction of sp³-hybridized carbons (Fsp3) is 0.143. The van der Waals surface area contributed by atoms with Crippen molar-refractivity contribution in [2.24, 2.45) is 5.73 Å². The normalized spacial score (nSPS) is 11.0. The van der Waals surface area contributed by atoms with Crippen LogP contribution in [-0.4, -0.2) is 21.1 Å². The van der Waals surface area contributed by atoms with Crippen LogP contribution in [0.4, 0.5) is 10.2 Å². The Bertz CT molecular complexity index is 1210. The van der Waals surface area contributed by atoms with E-state index in [9.17, 15) is 9.18 Å². The minimum absolute atomic E-state index is 0.281. The molecule has 2 aromatic carbocycles. The summed E-state index contributed by atoms with van der Waals surface area (Å²) in [6.07, 6.45) is 0.656. The third kappa shape index (κ3) is 3.79. The quantitative estimate of drug-likeness (QED) is 0.500. The van der Waals surface area contributed by atoms with Crippen LogP contribution in [0.25, 0.3) is 21.5 Å². The molecule has 4 aromatic rings. The second-order valence-corrected chi connectivity index (χ2v) is 7.34. The van der Waals surface area contributed by atoms with Crippen molar-refractivity contribution in [3.63, 3.8) is 0 Å². The highest BCUT2D eigenvalue weighted by molar-refractivity contribution is 7.15. The summed E-state index contributed by atoms with van der Waals surface area (Å²) in [5, 5.41) is 15.3. The average molecular weight is 407 g/mol. The van der Waals surface area contributed by atoms with Gasteiger partial charge in [0.05, 0.1) is 4.88 Å². The number of nitrogens with two attached hydrogens (primary N) is 1. The van der Waals surface area contributed by atoms with E-state index in [0.717, 1.165) is 26.9 Å². The van der Waals surface area contributed by atoms with Crippen LogP contribution in [0.2, 0.25) is 0 Å². The van der Waals surface area contributed by atoms with Crippen molar-refractivity contribution >= 4 is 33.8 Å². The van der Waals surface area contributed by atoms with Gasteiger partial charge < -0.3 is 11.1 Å². The van der Waals surface area contributed by atoms with E-state index in [-0.39, 0.29) is 5.82 Å². The Labute approximate surface area is 170 Å². The molecule has 0 bridgehead atoms. The highest BCUT2D eigenvalue weighted by Crippen LogP contribution is 2.35. The van der Waals surface area contributed by atoms with Crippen molar-refractivity contribution < 1.29 is 9.18 Å². The van der Waals surface area contributed by atoms with Crippen molar-refractivity contribution in [3.05, 3.63) is 70.5 Å². The maximum atomic E-state index is 13.4. The zero-order valence-electron chi connectivity index (χ0n) is 15.6. The molecule has 2 heterocycles. The van der Waals surface area contributed by atoms with Gasteiger partial charge in [-0.15, -0.1) is 21.5 Å². The molecule has 4 rings (SSSR count). The Hall–Kier alpha value is -3.39. The predicted molar refractivity (Wildman–Crippen MR) is 112 cm³/mol. The van der Waals surface area contributed by atoms with Gasteiger partial charge >= 0.3 is 0 Å². The number of hydrogen-bond donors (Lipinski definition) is 2. The Morgan fingerprint density at radius 2 is 2.00 bits per heavy atom.